The number of nitrogens with one attached hydrogen (secondary N) is 2. The Bertz CT molecular complexity index is 936. The maximum atomic E-state index is 12.4. The molecule has 0 aliphatic rings. The normalized spacial score (nSPS) is 11.9. The van der Waals surface area contributed by atoms with E-state index in [2.05, 4.69) is 14.8 Å². The third kappa shape index (κ3) is 6.70. The van der Waals surface area contributed by atoms with Gasteiger partial charge >= 0.3 is 6.36 Å². The van der Waals surface area contributed by atoms with Crippen molar-refractivity contribution in [1.29, 1.82) is 0 Å². The van der Waals surface area contributed by atoms with Gasteiger partial charge in [-0.25, -0.2) is 13.1 Å². The van der Waals surface area contributed by atoms with Crippen molar-refractivity contribution in [2.75, 3.05) is 6.54 Å². The van der Waals surface area contributed by atoms with Crippen molar-refractivity contribution in [3.05, 3.63) is 59.1 Å². The second-order valence-corrected chi connectivity index (χ2v) is 7.65. The van der Waals surface area contributed by atoms with E-state index in [-0.39, 0.29) is 35.0 Å². The summed E-state index contributed by atoms with van der Waals surface area (Å²) < 4.78 is 67.6. The zero-order chi connectivity index (χ0) is 20.8. The Labute approximate surface area is 164 Å². The molecule has 6 nitrogen and oxygen atoms in total. The molecule has 0 fully saturated rings. The Morgan fingerprint density at radius 3 is 2.39 bits per heavy atom. The molecule has 0 unspecified atom stereocenters. The highest BCUT2D eigenvalue weighted by molar-refractivity contribution is 7.89. The van der Waals surface area contributed by atoms with Crippen LogP contribution in [0.5, 0.6) is 5.75 Å². The van der Waals surface area contributed by atoms with Crippen molar-refractivity contribution in [3.8, 4) is 5.75 Å². The SMILES string of the molecule is O=C(CCNS(=O)(=O)c1ccccc1Cl)NCc1ccccc1OC(F)(F)F. The van der Waals surface area contributed by atoms with Crippen LogP contribution in [-0.4, -0.2) is 27.2 Å². The highest BCUT2D eigenvalue weighted by atomic mass is 35.5. The number of alkyl halides is 3. The number of ether oxygens (including phenoxy) is 1. The molecule has 2 aromatic carbocycles. The van der Waals surface area contributed by atoms with Gasteiger partial charge in [-0.05, 0) is 18.2 Å². The predicted octanol–water partition coefficient (Wildman–Crippen LogP) is 3.22. The molecular weight excluding hydrogens is 421 g/mol. The lowest BCUT2D eigenvalue weighted by atomic mass is 10.2. The lowest BCUT2D eigenvalue weighted by Crippen LogP contribution is -2.31. The summed E-state index contributed by atoms with van der Waals surface area (Å²) in [5.74, 6) is -0.974. The van der Waals surface area contributed by atoms with Crippen LogP contribution in [0.3, 0.4) is 0 Å². The Balaban J connectivity index is 1.87. The minimum absolute atomic E-state index is 0.0423. The minimum atomic E-state index is -4.85. The zero-order valence-electron chi connectivity index (χ0n) is 14.3. The minimum Gasteiger partial charge on any atom is -0.405 e. The first-order valence-corrected chi connectivity index (χ1v) is 9.79. The van der Waals surface area contributed by atoms with Crippen LogP contribution in [-0.2, 0) is 21.4 Å². The number of amides is 1. The largest absolute Gasteiger partial charge is 0.573 e. The Morgan fingerprint density at radius 2 is 1.71 bits per heavy atom. The summed E-state index contributed by atoms with van der Waals surface area (Å²) in [5, 5.41) is 2.46. The van der Waals surface area contributed by atoms with Gasteiger partial charge in [0, 0.05) is 25.1 Å². The quantitative estimate of drug-likeness (QED) is 0.665. The third-order valence-electron chi connectivity index (χ3n) is 3.44. The van der Waals surface area contributed by atoms with Gasteiger partial charge in [0.2, 0.25) is 15.9 Å². The van der Waals surface area contributed by atoms with Gasteiger partial charge in [-0.3, -0.25) is 4.79 Å². The summed E-state index contributed by atoms with van der Waals surface area (Å²) in [6.45, 7) is -0.414. The first kappa shape index (κ1) is 22.0. The monoisotopic (exact) mass is 436 g/mol. The Morgan fingerprint density at radius 1 is 1.07 bits per heavy atom. The van der Waals surface area contributed by atoms with Gasteiger partial charge in [-0.2, -0.15) is 0 Å². The number of carbonyl (C=O) groups excluding carboxylic acids is 1. The fraction of sp³-hybridized carbons (Fsp3) is 0.235. The molecule has 0 saturated heterocycles. The number of sulfonamides is 1. The fourth-order valence-corrected chi connectivity index (χ4v) is 3.74. The van der Waals surface area contributed by atoms with E-state index in [0.29, 0.717) is 0 Å². The van der Waals surface area contributed by atoms with Gasteiger partial charge in [-0.15, -0.1) is 13.2 Å². The van der Waals surface area contributed by atoms with Crippen LogP contribution >= 0.6 is 11.6 Å². The Kier molecular flexibility index (Phi) is 7.28. The molecule has 152 valence electrons. The van der Waals surface area contributed by atoms with Crippen molar-refractivity contribution in [2.24, 2.45) is 0 Å². The Hall–Kier alpha value is -2.30. The molecule has 2 aromatic rings. The maximum Gasteiger partial charge on any atom is 0.573 e. The summed E-state index contributed by atoms with van der Waals surface area (Å²) in [5.41, 5.74) is 0.129. The number of hydrogen-bond acceptors (Lipinski definition) is 4. The number of rotatable bonds is 8. The number of hydrogen-bond donors (Lipinski definition) is 2. The predicted molar refractivity (Wildman–Crippen MR) is 96.2 cm³/mol. The average Bonchev–Trinajstić information content (AvgIpc) is 2.60. The van der Waals surface area contributed by atoms with Crippen molar-refractivity contribution in [3.63, 3.8) is 0 Å². The number of halogens is 4. The molecule has 2 N–H and O–H groups in total. The van der Waals surface area contributed by atoms with Gasteiger partial charge in [0.1, 0.15) is 10.6 Å². The first-order valence-electron chi connectivity index (χ1n) is 7.93. The second kappa shape index (κ2) is 9.26. The van der Waals surface area contributed by atoms with Crippen LogP contribution in [0.15, 0.2) is 53.4 Å². The summed E-state index contributed by atoms with van der Waals surface area (Å²) in [4.78, 5) is 11.8. The molecule has 0 bridgehead atoms. The van der Waals surface area contributed by atoms with E-state index in [0.717, 1.165) is 6.07 Å². The molecule has 28 heavy (non-hydrogen) atoms. The lowest BCUT2D eigenvalue weighted by Gasteiger charge is -2.13. The van der Waals surface area contributed by atoms with Crippen LogP contribution < -0.4 is 14.8 Å². The van der Waals surface area contributed by atoms with Crippen LogP contribution in [0.1, 0.15) is 12.0 Å². The number of benzene rings is 2. The van der Waals surface area contributed by atoms with Crippen molar-refractivity contribution >= 4 is 27.5 Å². The van der Waals surface area contributed by atoms with Crippen LogP contribution in [0.25, 0.3) is 0 Å². The average molecular weight is 437 g/mol. The molecule has 0 spiro atoms. The van der Waals surface area contributed by atoms with Crippen LogP contribution in [0, 0.1) is 0 Å². The molecule has 0 aliphatic heterocycles. The van der Waals surface area contributed by atoms with E-state index < -0.39 is 28.0 Å². The fourth-order valence-electron chi connectivity index (χ4n) is 2.20. The summed E-state index contributed by atoms with van der Waals surface area (Å²) >= 11 is 5.84. The topological polar surface area (TPSA) is 84.5 Å². The maximum absolute atomic E-state index is 12.4. The standard InChI is InChI=1S/C17H16ClF3N2O4S/c18-13-6-2-4-8-15(13)28(25,26)23-10-9-16(24)22-11-12-5-1-3-7-14(12)27-17(19,20)21/h1-8,23H,9-11H2,(H,22,24). The zero-order valence-corrected chi connectivity index (χ0v) is 15.9. The smallest absolute Gasteiger partial charge is 0.405 e. The van der Waals surface area contributed by atoms with Gasteiger partial charge in [0.05, 0.1) is 5.02 Å². The van der Waals surface area contributed by atoms with Crippen LogP contribution in [0.2, 0.25) is 5.02 Å². The number of para-hydroxylation sites is 1. The molecule has 0 radical (unpaired) electrons. The summed E-state index contributed by atoms with van der Waals surface area (Å²) in [6, 6.07) is 11.2. The molecule has 0 saturated carbocycles. The molecule has 2 rings (SSSR count). The van der Waals surface area contributed by atoms with Gasteiger partial charge < -0.3 is 10.1 Å². The lowest BCUT2D eigenvalue weighted by molar-refractivity contribution is -0.274. The molecule has 0 aliphatic carbocycles. The molecule has 0 aromatic heterocycles. The van der Waals surface area contributed by atoms with Gasteiger partial charge in [0.25, 0.3) is 0 Å². The van der Waals surface area contributed by atoms with Crippen molar-refractivity contribution in [2.45, 2.75) is 24.2 Å². The highest BCUT2D eigenvalue weighted by Crippen LogP contribution is 2.26. The van der Waals surface area contributed by atoms with Gasteiger partial charge in [0.15, 0.2) is 0 Å². The van der Waals surface area contributed by atoms with E-state index in [4.69, 9.17) is 11.6 Å². The second-order valence-electron chi connectivity index (χ2n) is 5.51. The highest BCUT2D eigenvalue weighted by Gasteiger charge is 2.32. The summed E-state index contributed by atoms with van der Waals surface area (Å²) in [7, 11) is -3.89. The van der Waals surface area contributed by atoms with E-state index in [1.54, 1.807) is 6.07 Å². The number of carbonyl (C=O) groups is 1. The molecular formula is C17H16ClF3N2O4S. The van der Waals surface area contributed by atoms with E-state index in [1.165, 1.54) is 36.4 Å². The third-order valence-corrected chi connectivity index (χ3v) is 5.41. The molecule has 11 heteroatoms. The molecule has 1 amide bonds. The van der Waals surface area contributed by atoms with E-state index >= 15 is 0 Å². The van der Waals surface area contributed by atoms with E-state index in [1.807, 2.05) is 0 Å². The first-order chi connectivity index (χ1) is 13.1. The van der Waals surface area contributed by atoms with Crippen molar-refractivity contribution in [1.82, 2.24) is 10.0 Å². The van der Waals surface area contributed by atoms with E-state index in [9.17, 15) is 26.4 Å². The van der Waals surface area contributed by atoms with Crippen molar-refractivity contribution < 1.29 is 31.1 Å². The molecule has 0 atom stereocenters. The molecule has 0 heterocycles. The van der Waals surface area contributed by atoms with Crippen LogP contribution in [0.4, 0.5) is 13.2 Å². The summed E-state index contributed by atoms with van der Waals surface area (Å²) in [6.07, 6.45) is -5.07. The van der Waals surface area contributed by atoms with Gasteiger partial charge in [-0.1, -0.05) is 41.9 Å².